The Labute approximate surface area is 289 Å². The quantitative estimate of drug-likeness (QED) is 0.145. The van der Waals surface area contributed by atoms with Crippen LogP contribution in [0.15, 0.2) is 18.6 Å². The summed E-state index contributed by atoms with van der Waals surface area (Å²) in [4.78, 5) is 77.5. The van der Waals surface area contributed by atoms with Crippen LogP contribution in [0.25, 0.3) is 0 Å². The lowest BCUT2D eigenvalue weighted by Crippen LogP contribution is -2.63. The SMILES string of the molecule is CCCC(NC(=O)C1C2CCCC2CN1C(=O)C(NC(O)C(NC(=O)c1cnccn1)C1CCCCC1)C(C)(C)C)C(=O)C(=O)NC1CC1. The first-order chi connectivity index (χ1) is 23.4. The van der Waals surface area contributed by atoms with Gasteiger partial charge in [0.1, 0.15) is 18.0 Å². The van der Waals surface area contributed by atoms with Gasteiger partial charge in [0.2, 0.25) is 17.6 Å². The summed E-state index contributed by atoms with van der Waals surface area (Å²) < 4.78 is 0. The van der Waals surface area contributed by atoms with E-state index in [0.717, 1.165) is 64.2 Å². The highest BCUT2D eigenvalue weighted by molar-refractivity contribution is 6.38. The van der Waals surface area contributed by atoms with Gasteiger partial charge in [0.05, 0.1) is 24.3 Å². The molecule has 3 aliphatic carbocycles. The van der Waals surface area contributed by atoms with Crippen LogP contribution in [0.1, 0.15) is 115 Å². The van der Waals surface area contributed by atoms with Gasteiger partial charge in [-0.3, -0.25) is 34.3 Å². The molecule has 270 valence electrons. The van der Waals surface area contributed by atoms with Crippen LogP contribution in [0.4, 0.5) is 0 Å². The van der Waals surface area contributed by atoms with Gasteiger partial charge in [0.15, 0.2) is 0 Å². The predicted octanol–water partition coefficient (Wildman–Crippen LogP) is 2.24. The number of rotatable bonds is 14. The fourth-order valence-corrected chi connectivity index (χ4v) is 8.05. The molecule has 0 radical (unpaired) electrons. The zero-order valence-corrected chi connectivity index (χ0v) is 29.5. The van der Waals surface area contributed by atoms with Crippen molar-refractivity contribution in [2.24, 2.45) is 23.2 Å². The molecule has 7 atom stereocenters. The molecule has 0 aromatic carbocycles. The van der Waals surface area contributed by atoms with Crippen molar-refractivity contribution in [1.82, 2.24) is 36.1 Å². The lowest BCUT2D eigenvalue weighted by atomic mass is 9.81. The third kappa shape index (κ3) is 9.02. The van der Waals surface area contributed by atoms with Crippen molar-refractivity contribution in [2.75, 3.05) is 6.54 Å². The van der Waals surface area contributed by atoms with Gasteiger partial charge in [-0.2, -0.15) is 0 Å². The minimum atomic E-state index is -1.26. The van der Waals surface area contributed by atoms with Crippen LogP contribution in [-0.2, 0) is 19.2 Å². The highest BCUT2D eigenvalue weighted by Gasteiger charge is 2.52. The maximum Gasteiger partial charge on any atom is 0.289 e. The fourth-order valence-electron chi connectivity index (χ4n) is 8.05. The molecule has 0 spiro atoms. The van der Waals surface area contributed by atoms with E-state index in [-0.39, 0.29) is 35.4 Å². The number of aliphatic hydroxyl groups excluding tert-OH is 1. The van der Waals surface area contributed by atoms with E-state index in [4.69, 9.17) is 0 Å². The Balaban J connectivity index is 1.35. The van der Waals surface area contributed by atoms with Gasteiger partial charge in [-0.05, 0) is 68.1 Å². The van der Waals surface area contributed by atoms with Crippen LogP contribution < -0.4 is 21.3 Å². The monoisotopic (exact) mass is 681 g/mol. The second-order valence-corrected chi connectivity index (χ2v) is 15.7. The Morgan fingerprint density at radius 3 is 2.33 bits per heavy atom. The van der Waals surface area contributed by atoms with Gasteiger partial charge in [0, 0.05) is 25.0 Å². The molecule has 1 saturated heterocycles. The average molecular weight is 682 g/mol. The number of Topliss-reactive ketones (excluding diaryl/α,β-unsaturated/α-hetero) is 1. The van der Waals surface area contributed by atoms with E-state index in [1.807, 2.05) is 27.7 Å². The van der Waals surface area contributed by atoms with E-state index < -0.39 is 59.3 Å². The van der Waals surface area contributed by atoms with Gasteiger partial charge >= 0.3 is 0 Å². The number of carbonyl (C=O) groups excluding carboxylic acids is 5. The first kappa shape index (κ1) is 36.8. The Kier molecular flexibility index (Phi) is 12.1. The van der Waals surface area contributed by atoms with Crippen molar-refractivity contribution in [3.8, 4) is 0 Å². The van der Waals surface area contributed by atoms with Crippen LogP contribution in [0.2, 0.25) is 0 Å². The highest BCUT2D eigenvalue weighted by Crippen LogP contribution is 2.43. The second kappa shape index (κ2) is 16.1. The Bertz CT molecular complexity index is 1340. The van der Waals surface area contributed by atoms with Gasteiger partial charge in [-0.15, -0.1) is 0 Å². The first-order valence-corrected chi connectivity index (χ1v) is 18.4. The summed E-state index contributed by atoms with van der Waals surface area (Å²) in [5.74, 6) is -2.44. The average Bonchev–Trinajstić information content (AvgIpc) is 3.65. The molecule has 13 heteroatoms. The number of hydrogen-bond donors (Lipinski definition) is 5. The molecule has 1 aliphatic heterocycles. The number of nitrogens with one attached hydrogen (secondary N) is 4. The number of amides is 4. The van der Waals surface area contributed by atoms with Gasteiger partial charge in [-0.25, -0.2) is 4.98 Å². The number of hydrogen-bond acceptors (Lipinski definition) is 9. The van der Waals surface area contributed by atoms with Crippen LogP contribution >= 0.6 is 0 Å². The summed E-state index contributed by atoms with van der Waals surface area (Å²) in [7, 11) is 0. The maximum atomic E-state index is 14.6. The molecule has 0 bridgehead atoms. The standard InChI is InChI=1S/C36H55N7O6/c1-5-10-25(29(44)34(48)39-23-15-16-23)40-33(47)28-24-14-9-13-22(24)20-43(28)35(49)30(36(2,3)4)42-32(46)27(21-11-7-6-8-12-21)41-31(45)26-19-37-17-18-38-26/h17-19,21-25,27-28,30,32,42,46H,5-16,20H2,1-4H3,(H,39,48)(H,40,47)(H,41,45). The van der Waals surface area contributed by atoms with Gasteiger partial charge < -0.3 is 26.0 Å². The molecule has 3 saturated carbocycles. The second-order valence-electron chi connectivity index (χ2n) is 15.7. The van der Waals surface area contributed by atoms with E-state index in [2.05, 4.69) is 31.2 Å². The van der Waals surface area contributed by atoms with Crippen LogP contribution in [0, 0.1) is 23.2 Å². The number of aliphatic hydroxyl groups is 1. The summed E-state index contributed by atoms with van der Waals surface area (Å²) in [5.41, 5.74) is -0.536. The molecule has 49 heavy (non-hydrogen) atoms. The van der Waals surface area contributed by atoms with Crippen molar-refractivity contribution >= 4 is 29.4 Å². The van der Waals surface area contributed by atoms with Crippen molar-refractivity contribution < 1.29 is 29.1 Å². The third-order valence-electron chi connectivity index (χ3n) is 10.8. The Hall–Kier alpha value is -3.45. The molecule has 5 N–H and O–H groups in total. The summed E-state index contributed by atoms with van der Waals surface area (Å²) >= 11 is 0. The van der Waals surface area contributed by atoms with E-state index >= 15 is 0 Å². The number of nitrogens with zero attached hydrogens (tertiary/aromatic N) is 3. The number of fused-ring (bicyclic) bond motifs is 1. The van der Waals surface area contributed by atoms with Crippen LogP contribution in [0.5, 0.6) is 0 Å². The van der Waals surface area contributed by atoms with Crippen molar-refractivity contribution in [2.45, 2.75) is 141 Å². The molecule has 4 fully saturated rings. The van der Waals surface area contributed by atoms with Crippen LogP contribution in [0.3, 0.4) is 0 Å². The molecule has 2 heterocycles. The molecule has 1 aromatic heterocycles. The highest BCUT2D eigenvalue weighted by atomic mass is 16.3. The lowest BCUT2D eigenvalue weighted by Gasteiger charge is -2.40. The normalized spacial score (nSPS) is 25.1. The smallest absolute Gasteiger partial charge is 0.289 e. The van der Waals surface area contributed by atoms with Crippen molar-refractivity contribution in [3.05, 3.63) is 24.3 Å². The maximum absolute atomic E-state index is 14.6. The summed E-state index contributed by atoms with van der Waals surface area (Å²) in [6, 6.07) is -3.33. The van der Waals surface area contributed by atoms with E-state index in [0.29, 0.717) is 19.4 Å². The molecule has 1 aromatic rings. The van der Waals surface area contributed by atoms with E-state index in [9.17, 15) is 29.1 Å². The zero-order chi connectivity index (χ0) is 35.3. The number of likely N-dealkylation sites (tertiary alicyclic amines) is 1. The van der Waals surface area contributed by atoms with Crippen LogP contribution in [-0.4, -0.2) is 92.4 Å². The molecular formula is C36H55N7O6. The predicted molar refractivity (Wildman–Crippen MR) is 182 cm³/mol. The minimum Gasteiger partial charge on any atom is -0.376 e. The topological polar surface area (TPSA) is 183 Å². The Morgan fingerprint density at radius 2 is 1.69 bits per heavy atom. The zero-order valence-electron chi connectivity index (χ0n) is 29.5. The number of aromatic nitrogens is 2. The summed E-state index contributed by atoms with van der Waals surface area (Å²) in [6.07, 6.45) is 13.0. The third-order valence-corrected chi connectivity index (χ3v) is 10.8. The number of ketones is 1. The first-order valence-electron chi connectivity index (χ1n) is 18.4. The molecule has 13 nitrogen and oxygen atoms in total. The summed E-state index contributed by atoms with van der Waals surface area (Å²) in [5, 5.41) is 23.6. The van der Waals surface area contributed by atoms with Gasteiger partial charge in [0.25, 0.3) is 11.8 Å². The molecule has 7 unspecified atom stereocenters. The minimum absolute atomic E-state index is 0.0117. The van der Waals surface area contributed by atoms with Crippen molar-refractivity contribution in [3.63, 3.8) is 0 Å². The molecule has 4 amide bonds. The Morgan fingerprint density at radius 1 is 0.959 bits per heavy atom. The van der Waals surface area contributed by atoms with Gasteiger partial charge in [-0.1, -0.05) is 59.8 Å². The van der Waals surface area contributed by atoms with E-state index in [1.165, 1.54) is 18.6 Å². The summed E-state index contributed by atoms with van der Waals surface area (Å²) in [6.45, 7) is 8.01. The lowest BCUT2D eigenvalue weighted by molar-refractivity contribution is -0.145. The van der Waals surface area contributed by atoms with E-state index in [1.54, 1.807) is 4.90 Å². The molecule has 5 rings (SSSR count). The largest absolute Gasteiger partial charge is 0.376 e. The fraction of sp³-hybridized carbons (Fsp3) is 0.750. The van der Waals surface area contributed by atoms with Crippen molar-refractivity contribution in [1.29, 1.82) is 0 Å². The number of carbonyl (C=O) groups is 5. The molecule has 4 aliphatic rings. The molecular weight excluding hydrogens is 626 g/mol.